The zero-order valence-corrected chi connectivity index (χ0v) is 34.5. The average Bonchev–Trinajstić information content (AvgIpc) is 3.77. The Bertz CT molecular complexity index is 3340. The molecule has 11 rings (SSSR count). The van der Waals surface area contributed by atoms with Gasteiger partial charge in [-0.2, -0.15) is 0 Å². The normalized spacial score (nSPS) is 12.1. The lowest BCUT2D eigenvalue weighted by Gasteiger charge is -2.26. The van der Waals surface area contributed by atoms with Crippen molar-refractivity contribution in [3.8, 4) is 0 Å². The quantitative estimate of drug-likeness (QED) is 0.168. The Morgan fingerprint density at radius 1 is 0.367 bits per heavy atom. The van der Waals surface area contributed by atoms with Crippen LogP contribution in [0.25, 0.3) is 65.4 Å². The van der Waals surface area contributed by atoms with E-state index in [9.17, 15) is 0 Å². The van der Waals surface area contributed by atoms with Crippen molar-refractivity contribution in [3.63, 3.8) is 0 Å². The number of hydrogen-bond donors (Lipinski definition) is 0. The number of para-hydroxylation sites is 2. The van der Waals surface area contributed by atoms with E-state index in [1.54, 1.807) is 0 Å². The highest BCUT2D eigenvalue weighted by atomic mass is 16.3. The lowest BCUT2D eigenvalue weighted by atomic mass is 9.82. The van der Waals surface area contributed by atoms with Crippen molar-refractivity contribution >= 4 is 99.5 Å². The number of hydrogen-bond acceptors (Lipinski definition) is 4. The topological polar surface area (TPSA) is 32.8 Å². The first kappa shape index (κ1) is 35.8. The third-order valence-electron chi connectivity index (χ3n) is 11.9. The lowest BCUT2D eigenvalue weighted by molar-refractivity contribution is 0.577. The molecule has 4 heteroatoms. The summed E-state index contributed by atoms with van der Waals surface area (Å²) in [6.45, 7) is 11.1. The van der Waals surface area contributed by atoms with Crippen LogP contribution < -0.4 is 9.80 Å². The van der Waals surface area contributed by atoms with Crippen LogP contribution in [0.3, 0.4) is 0 Å². The monoisotopic (exact) mass is 776 g/mol. The van der Waals surface area contributed by atoms with Gasteiger partial charge in [-0.25, -0.2) is 0 Å². The number of benzene rings is 9. The van der Waals surface area contributed by atoms with E-state index in [4.69, 9.17) is 8.83 Å². The number of fused-ring (bicyclic) bond motifs is 8. The lowest BCUT2D eigenvalue weighted by Crippen LogP contribution is -2.12. The van der Waals surface area contributed by atoms with E-state index in [-0.39, 0.29) is 5.41 Å². The minimum Gasteiger partial charge on any atom is -0.456 e. The average molecular weight is 777 g/mol. The van der Waals surface area contributed by atoms with Crippen LogP contribution in [0, 0.1) is 13.8 Å². The molecular formula is C56H44N2O2. The summed E-state index contributed by atoms with van der Waals surface area (Å²) in [5, 5.41) is 8.94. The van der Waals surface area contributed by atoms with Gasteiger partial charge in [0.05, 0.1) is 0 Å². The molecule has 290 valence electrons. The van der Waals surface area contributed by atoms with E-state index in [0.717, 1.165) is 105 Å². The van der Waals surface area contributed by atoms with Gasteiger partial charge < -0.3 is 18.6 Å². The molecule has 0 N–H and O–H groups in total. The molecule has 0 saturated heterocycles. The van der Waals surface area contributed by atoms with Gasteiger partial charge in [0.15, 0.2) is 0 Å². The zero-order valence-electron chi connectivity index (χ0n) is 34.5. The Morgan fingerprint density at radius 2 is 0.850 bits per heavy atom. The summed E-state index contributed by atoms with van der Waals surface area (Å²) in [5.74, 6) is 0. The van der Waals surface area contributed by atoms with E-state index < -0.39 is 0 Å². The molecule has 0 bridgehead atoms. The second-order valence-corrected chi connectivity index (χ2v) is 17.2. The van der Waals surface area contributed by atoms with E-state index in [1.807, 2.05) is 0 Å². The van der Waals surface area contributed by atoms with Crippen molar-refractivity contribution in [2.45, 2.75) is 40.0 Å². The Labute approximate surface area is 349 Å². The maximum absolute atomic E-state index is 6.99. The van der Waals surface area contributed by atoms with E-state index in [2.05, 4.69) is 220 Å². The van der Waals surface area contributed by atoms with E-state index in [1.165, 1.54) is 11.1 Å². The Balaban J connectivity index is 1.07. The van der Waals surface area contributed by atoms with Crippen LogP contribution in [0.1, 0.15) is 37.5 Å². The largest absolute Gasteiger partial charge is 0.456 e. The van der Waals surface area contributed by atoms with Crippen molar-refractivity contribution < 1.29 is 8.83 Å². The predicted molar refractivity (Wildman–Crippen MR) is 254 cm³/mol. The first-order chi connectivity index (χ1) is 29.2. The smallest absolute Gasteiger partial charge is 0.140 e. The number of nitrogens with zero attached hydrogens (tertiary/aromatic N) is 2. The standard InChI is InChI=1S/C56H44N2O2/c1-35-14-12-20-43(26-35)57(41-16-8-6-9-17-41)45-24-22-37-30-47-48-34-52-53(54(56(3,4)5)55(48)60-50(47)32-39(37)28-45)49-31-38-23-25-46(29-40(38)33-51(49)59-52)58(42-18-10-7-11-19-42)44-21-13-15-36(2)27-44/h6-34H,1-5H3. The summed E-state index contributed by atoms with van der Waals surface area (Å²) >= 11 is 0. The van der Waals surface area contributed by atoms with Gasteiger partial charge in [-0.15, -0.1) is 0 Å². The van der Waals surface area contributed by atoms with Crippen LogP contribution in [-0.2, 0) is 5.41 Å². The van der Waals surface area contributed by atoms with Gasteiger partial charge in [-0.05, 0) is 155 Å². The first-order valence-corrected chi connectivity index (χ1v) is 20.7. The van der Waals surface area contributed by atoms with Crippen molar-refractivity contribution in [1.82, 2.24) is 0 Å². The van der Waals surface area contributed by atoms with Gasteiger partial charge in [-0.1, -0.05) is 93.6 Å². The highest BCUT2D eigenvalue weighted by Crippen LogP contribution is 2.47. The first-order valence-electron chi connectivity index (χ1n) is 20.7. The number of anilines is 6. The fourth-order valence-corrected chi connectivity index (χ4v) is 9.20. The van der Waals surface area contributed by atoms with Gasteiger partial charge in [-0.3, -0.25) is 0 Å². The third-order valence-corrected chi connectivity index (χ3v) is 11.9. The second kappa shape index (κ2) is 13.6. The summed E-state index contributed by atoms with van der Waals surface area (Å²) in [6.07, 6.45) is 0. The molecule has 11 aromatic rings. The van der Waals surface area contributed by atoms with Crippen LogP contribution in [-0.4, -0.2) is 0 Å². The minimum absolute atomic E-state index is 0.234. The second-order valence-electron chi connectivity index (χ2n) is 17.2. The van der Waals surface area contributed by atoms with Crippen molar-refractivity contribution in [2.24, 2.45) is 0 Å². The van der Waals surface area contributed by atoms with Gasteiger partial charge in [0, 0.05) is 61.2 Å². The molecule has 0 aliphatic heterocycles. The van der Waals surface area contributed by atoms with Crippen LogP contribution in [0.5, 0.6) is 0 Å². The van der Waals surface area contributed by atoms with Gasteiger partial charge in [0.2, 0.25) is 0 Å². The summed E-state index contributed by atoms with van der Waals surface area (Å²) in [5.41, 5.74) is 13.6. The molecule has 0 fully saturated rings. The SMILES string of the molecule is Cc1cccc(N(c2ccccc2)c2ccc3cc4c(cc3c2)oc2c(C(C)(C)C)c3c(cc24)oc2cc4cc(N(c5ccccc5)c5cccc(C)c5)ccc4cc23)c1. The maximum atomic E-state index is 6.99. The molecular weight excluding hydrogens is 733 g/mol. The van der Waals surface area contributed by atoms with Crippen LogP contribution in [0.4, 0.5) is 34.1 Å². The molecule has 0 spiro atoms. The number of rotatable bonds is 6. The van der Waals surface area contributed by atoms with Gasteiger partial charge in [0.1, 0.15) is 22.3 Å². The van der Waals surface area contributed by atoms with Gasteiger partial charge in [0.25, 0.3) is 0 Å². The number of furan rings is 2. The van der Waals surface area contributed by atoms with E-state index >= 15 is 0 Å². The molecule has 0 aliphatic rings. The Hall–Kier alpha value is -7.30. The fourth-order valence-electron chi connectivity index (χ4n) is 9.20. The summed E-state index contributed by atoms with van der Waals surface area (Å²) in [4.78, 5) is 4.64. The molecule has 0 aliphatic carbocycles. The van der Waals surface area contributed by atoms with Crippen LogP contribution >= 0.6 is 0 Å². The van der Waals surface area contributed by atoms with Crippen molar-refractivity contribution in [3.05, 3.63) is 193 Å². The van der Waals surface area contributed by atoms with E-state index in [0.29, 0.717) is 0 Å². The molecule has 0 saturated carbocycles. The maximum Gasteiger partial charge on any atom is 0.140 e. The number of aryl methyl sites for hydroxylation is 2. The summed E-state index contributed by atoms with van der Waals surface area (Å²) in [7, 11) is 0. The molecule has 60 heavy (non-hydrogen) atoms. The molecule has 2 heterocycles. The van der Waals surface area contributed by atoms with Crippen molar-refractivity contribution in [1.29, 1.82) is 0 Å². The third kappa shape index (κ3) is 5.98. The molecule has 9 aromatic carbocycles. The van der Waals surface area contributed by atoms with Crippen molar-refractivity contribution in [2.75, 3.05) is 9.80 Å². The fraction of sp³-hybridized carbons (Fsp3) is 0.107. The summed E-state index contributed by atoms with van der Waals surface area (Å²) in [6, 6.07) is 63.1. The van der Waals surface area contributed by atoms with Crippen LogP contribution in [0.15, 0.2) is 185 Å². The molecule has 2 aromatic heterocycles. The molecule has 0 unspecified atom stereocenters. The minimum atomic E-state index is -0.234. The highest BCUT2D eigenvalue weighted by Gasteiger charge is 2.28. The molecule has 4 nitrogen and oxygen atoms in total. The molecule has 0 amide bonds. The van der Waals surface area contributed by atoms with Gasteiger partial charge >= 0.3 is 0 Å². The summed E-state index contributed by atoms with van der Waals surface area (Å²) < 4.78 is 13.9. The zero-order chi connectivity index (χ0) is 40.7. The Kier molecular flexibility index (Phi) is 8.15. The Morgan fingerprint density at radius 3 is 1.37 bits per heavy atom. The highest BCUT2D eigenvalue weighted by molar-refractivity contribution is 6.20. The van der Waals surface area contributed by atoms with Crippen LogP contribution in [0.2, 0.25) is 0 Å². The molecule has 0 radical (unpaired) electrons. The molecule has 0 atom stereocenters. The predicted octanol–water partition coefficient (Wildman–Crippen LogP) is 16.6.